The van der Waals surface area contributed by atoms with Crippen LogP contribution in [-0.4, -0.2) is 26.1 Å². The SMILES string of the molecule is O=C(NC(=S)Nc1ccc[c-]n1)c1ccccc1.[Be+2].[H-]. The van der Waals surface area contributed by atoms with Crippen LogP contribution in [0.15, 0.2) is 48.5 Å². The first kappa shape index (κ1) is 15.0. The third-order valence-corrected chi connectivity index (χ3v) is 2.32. The summed E-state index contributed by atoms with van der Waals surface area (Å²) >= 11 is 5.02. The summed E-state index contributed by atoms with van der Waals surface area (Å²) in [6.45, 7) is 0. The number of hydrogen-bond donors (Lipinski definition) is 2. The van der Waals surface area contributed by atoms with E-state index in [0.717, 1.165) is 0 Å². The van der Waals surface area contributed by atoms with E-state index < -0.39 is 0 Å². The van der Waals surface area contributed by atoms with Gasteiger partial charge in [0.2, 0.25) is 0 Å². The summed E-state index contributed by atoms with van der Waals surface area (Å²) in [5.41, 5.74) is 0.550. The number of nitrogens with zero attached hydrogens (tertiary/aromatic N) is 1. The molecule has 0 aliphatic carbocycles. The second-order valence-corrected chi connectivity index (χ2v) is 3.83. The number of rotatable bonds is 2. The van der Waals surface area contributed by atoms with Crippen LogP contribution in [0.1, 0.15) is 11.8 Å². The van der Waals surface area contributed by atoms with Gasteiger partial charge in [-0.3, -0.25) is 10.1 Å². The van der Waals surface area contributed by atoms with Gasteiger partial charge in [-0.05, 0) is 24.4 Å². The molecule has 2 rings (SSSR count). The van der Waals surface area contributed by atoms with E-state index >= 15 is 0 Å². The van der Waals surface area contributed by atoms with E-state index in [-0.39, 0.29) is 22.6 Å². The van der Waals surface area contributed by atoms with Crippen molar-refractivity contribution < 1.29 is 6.22 Å². The van der Waals surface area contributed by atoms with Crippen molar-refractivity contribution >= 4 is 39.2 Å². The molecule has 0 spiro atoms. The summed E-state index contributed by atoms with van der Waals surface area (Å²) in [6, 6.07) is 14.0. The summed E-state index contributed by atoms with van der Waals surface area (Å²) in [7, 11) is 0. The molecule has 0 aliphatic rings. The molecule has 19 heavy (non-hydrogen) atoms. The standard InChI is InChI=1S/C13H10N3OS.Be.H/c17-12(10-6-2-1-3-7-10)16-13(18)15-11-8-4-5-9-14-11;;/h1-8H,(H2,14,15,16,17,18);;/q-1;+2;-1. The van der Waals surface area contributed by atoms with Crippen molar-refractivity contribution in [2.75, 3.05) is 5.32 Å². The maximum absolute atomic E-state index is 11.8. The zero-order chi connectivity index (χ0) is 12.8. The smallest absolute Gasteiger partial charge is 1.00 e. The van der Waals surface area contributed by atoms with Crippen LogP contribution >= 0.6 is 12.2 Å². The van der Waals surface area contributed by atoms with E-state index in [1.165, 1.54) is 0 Å². The van der Waals surface area contributed by atoms with Gasteiger partial charge in [0.15, 0.2) is 5.11 Å². The van der Waals surface area contributed by atoms with E-state index in [2.05, 4.69) is 21.8 Å². The first-order valence-corrected chi connectivity index (χ1v) is 5.67. The second kappa shape index (κ2) is 7.36. The van der Waals surface area contributed by atoms with Gasteiger partial charge in [-0.15, -0.1) is 6.07 Å². The average molecular weight is 266 g/mol. The van der Waals surface area contributed by atoms with Gasteiger partial charge < -0.3 is 11.7 Å². The van der Waals surface area contributed by atoms with E-state index in [1.807, 2.05) is 6.07 Å². The number of benzene rings is 1. The van der Waals surface area contributed by atoms with Gasteiger partial charge in [-0.2, -0.15) is 12.1 Å². The maximum atomic E-state index is 11.8. The Hall–Kier alpha value is -2.10. The van der Waals surface area contributed by atoms with Crippen LogP contribution < -0.4 is 10.6 Å². The molecular formula is C13H11BeN3OS. The Labute approximate surface area is 122 Å². The molecule has 2 N–H and O–H groups in total. The van der Waals surface area contributed by atoms with Crippen LogP contribution in [0, 0.1) is 6.20 Å². The number of hydrogen-bond acceptors (Lipinski definition) is 3. The van der Waals surface area contributed by atoms with E-state index in [1.54, 1.807) is 42.5 Å². The normalized spacial score (nSPS) is 9.05. The number of aromatic nitrogens is 1. The van der Waals surface area contributed by atoms with Crippen LogP contribution in [0.4, 0.5) is 5.82 Å². The average Bonchev–Trinajstić information content (AvgIpc) is 2.40. The Kier molecular flexibility index (Phi) is 5.79. The Morgan fingerprint density at radius 2 is 1.95 bits per heavy atom. The van der Waals surface area contributed by atoms with Gasteiger partial charge in [-0.1, -0.05) is 24.4 Å². The number of thiocarbonyl (C=S) groups is 1. The maximum Gasteiger partial charge on any atom is 2.00 e. The molecule has 0 unspecified atom stereocenters. The summed E-state index contributed by atoms with van der Waals surface area (Å²) in [5.74, 6) is 0.281. The van der Waals surface area contributed by atoms with Gasteiger partial charge in [0, 0.05) is 11.4 Å². The molecule has 0 bridgehead atoms. The van der Waals surface area contributed by atoms with Crippen LogP contribution in [-0.2, 0) is 0 Å². The summed E-state index contributed by atoms with van der Waals surface area (Å²) < 4.78 is 0. The second-order valence-electron chi connectivity index (χ2n) is 3.43. The number of anilines is 1. The zero-order valence-corrected chi connectivity index (χ0v) is 10.9. The minimum Gasteiger partial charge on any atom is -1.00 e. The van der Waals surface area contributed by atoms with Crippen molar-refractivity contribution in [1.29, 1.82) is 0 Å². The fraction of sp³-hybridized carbons (Fsp3) is 0. The molecule has 0 radical (unpaired) electrons. The Balaban J connectivity index is 0.00000180. The van der Waals surface area contributed by atoms with Crippen LogP contribution in [0.25, 0.3) is 0 Å². The quantitative estimate of drug-likeness (QED) is 0.494. The molecular weight excluding hydrogens is 255 g/mol. The van der Waals surface area contributed by atoms with Crippen LogP contribution in [0.3, 0.4) is 0 Å². The van der Waals surface area contributed by atoms with Gasteiger partial charge in [-0.25, -0.2) is 0 Å². The number of pyridine rings is 1. The number of carbonyl (C=O) groups excluding carboxylic acids is 1. The monoisotopic (exact) mass is 266 g/mol. The number of amides is 1. The van der Waals surface area contributed by atoms with Gasteiger partial charge >= 0.3 is 10.1 Å². The molecule has 2 aromatic rings. The van der Waals surface area contributed by atoms with Crippen molar-refractivity contribution in [2.24, 2.45) is 0 Å². The van der Waals surface area contributed by atoms with Crippen molar-refractivity contribution in [1.82, 2.24) is 10.3 Å². The third-order valence-electron chi connectivity index (χ3n) is 2.11. The molecule has 1 heterocycles. The van der Waals surface area contributed by atoms with Crippen LogP contribution in [0.5, 0.6) is 0 Å². The molecule has 6 heteroatoms. The topological polar surface area (TPSA) is 54.0 Å². The first-order valence-electron chi connectivity index (χ1n) is 5.26. The Morgan fingerprint density at radius 3 is 2.58 bits per heavy atom. The minimum atomic E-state index is -0.256. The van der Waals surface area contributed by atoms with E-state index in [9.17, 15) is 4.79 Å². The van der Waals surface area contributed by atoms with E-state index in [4.69, 9.17) is 12.2 Å². The van der Waals surface area contributed by atoms with Crippen LogP contribution in [0.2, 0.25) is 0 Å². The van der Waals surface area contributed by atoms with Gasteiger partial charge in [0.1, 0.15) is 0 Å². The van der Waals surface area contributed by atoms with Crippen molar-refractivity contribution in [3.05, 3.63) is 60.3 Å². The molecule has 92 valence electrons. The fourth-order valence-electron chi connectivity index (χ4n) is 1.31. The molecule has 0 atom stereocenters. The molecule has 1 aromatic carbocycles. The summed E-state index contributed by atoms with van der Waals surface area (Å²) in [5, 5.41) is 5.58. The predicted molar refractivity (Wildman–Crippen MR) is 80.1 cm³/mol. The molecule has 0 saturated carbocycles. The van der Waals surface area contributed by atoms with Gasteiger partial charge in [0.05, 0.1) is 0 Å². The molecule has 0 fully saturated rings. The predicted octanol–water partition coefficient (Wildman–Crippen LogP) is 1.74. The molecule has 0 aliphatic heterocycles. The fourth-order valence-corrected chi connectivity index (χ4v) is 1.51. The first-order chi connectivity index (χ1) is 8.75. The molecule has 1 aromatic heterocycles. The Bertz CT molecular complexity index is 554. The number of nitrogens with one attached hydrogen (secondary N) is 2. The number of carbonyl (C=O) groups is 1. The molecule has 1 amide bonds. The third kappa shape index (κ3) is 4.58. The minimum absolute atomic E-state index is 0. The Morgan fingerprint density at radius 1 is 1.21 bits per heavy atom. The zero-order valence-electron chi connectivity index (χ0n) is 11.1. The van der Waals surface area contributed by atoms with Gasteiger partial charge in [0.25, 0.3) is 5.91 Å². The van der Waals surface area contributed by atoms with Crippen molar-refractivity contribution in [3.8, 4) is 0 Å². The van der Waals surface area contributed by atoms with Crippen molar-refractivity contribution in [2.45, 2.75) is 0 Å². The molecule has 4 nitrogen and oxygen atoms in total. The largest absolute Gasteiger partial charge is 2.00 e. The summed E-state index contributed by atoms with van der Waals surface area (Å²) in [4.78, 5) is 15.7. The molecule has 0 saturated heterocycles. The van der Waals surface area contributed by atoms with E-state index in [0.29, 0.717) is 11.4 Å². The summed E-state index contributed by atoms with van der Waals surface area (Å²) in [6.07, 6.45) is 2.67. The van der Waals surface area contributed by atoms with Crippen molar-refractivity contribution in [3.63, 3.8) is 0 Å².